The highest BCUT2D eigenvalue weighted by Gasteiger charge is 2.39. The Bertz CT molecular complexity index is 859. The largest absolute Gasteiger partial charge is 0.378 e. The van der Waals surface area contributed by atoms with Crippen molar-refractivity contribution in [1.82, 2.24) is 19.6 Å². The van der Waals surface area contributed by atoms with Gasteiger partial charge in [0.2, 0.25) is 5.91 Å². The highest BCUT2D eigenvalue weighted by atomic mass is 16.5. The van der Waals surface area contributed by atoms with Crippen molar-refractivity contribution in [3.63, 3.8) is 0 Å². The molecule has 4 rings (SSSR count). The maximum atomic E-state index is 12.4. The summed E-state index contributed by atoms with van der Waals surface area (Å²) in [5, 5.41) is 4.51. The van der Waals surface area contributed by atoms with Gasteiger partial charge in [0, 0.05) is 50.8 Å². The van der Waals surface area contributed by atoms with Crippen molar-refractivity contribution in [3.05, 3.63) is 53.9 Å². The SMILES string of the molecule is CN1C(=O)C[C@@H](CN=C(N)N2CCOCC2)[C@@H]1c1cnn(Cc2ccccc2)c1. The molecule has 0 spiro atoms. The van der Waals surface area contributed by atoms with E-state index in [2.05, 4.69) is 22.2 Å². The summed E-state index contributed by atoms with van der Waals surface area (Å²) in [4.78, 5) is 20.9. The van der Waals surface area contributed by atoms with Gasteiger partial charge in [0.05, 0.1) is 32.0 Å². The van der Waals surface area contributed by atoms with Gasteiger partial charge in [-0.3, -0.25) is 14.5 Å². The van der Waals surface area contributed by atoms with Crippen LogP contribution < -0.4 is 5.73 Å². The molecule has 0 bridgehead atoms. The number of aliphatic imine (C=N–C) groups is 1. The fraction of sp³-hybridized carbons (Fsp3) is 0.476. The Kier molecular flexibility index (Phi) is 5.80. The van der Waals surface area contributed by atoms with Gasteiger partial charge in [-0.15, -0.1) is 0 Å². The van der Waals surface area contributed by atoms with Crippen LogP contribution in [0.5, 0.6) is 0 Å². The molecule has 2 aromatic rings. The molecule has 0 saturated carbocycles. The van der Waals surface area contributed by atoms with E-state index < -0.39 is 0 Å². The third-order valence-electron chi connectivity index (χ3n) is 5.70. The lowest BCUT2D eigenvalue weighted by atomic mass is 9.96. The molecular formula is C21H28N6O2. The number of hydrogen-bond acceptors (Lipinski definition) is 4. The fourth-order valence-electron chi connectivity index (χ4n) is 4.10. The molecule has 8 heteroatoms. The summed E-state index contributed by atoms with van der Waals surface area (Å²) in [7, 11) is 1.86. The lowest BCUT2D eigenvalue weighted by molar-refractivity contribution is -0.127. The minimum Gasteiger partial charge on any atom is -0.378 e. The number of amides is 1. The van der Waals surface area contributed by atoms with E-state index in [0.717, 1.165) is 18.7 Å². The Hall–Kier alpha value is -2.87. The molecular weight excluding hydrogens is 368 g/mol. The number of hydrogen-bond donors (Lipinski definition) is 1. The van der Waals surface area contributed by atoms with Crippen LogP contribution in [-0.2, 0) is 16.1 Å². The number of morpholine rings is 1. The lowest BCUT2D eigenvalue weighted by Crippen LogP contribution is -2.45. The van der Waals surface area contributed by atoms with Gasteiger partial charge >= 0.3 is 0 Å². The number of nitrogens with zero attached hydrogens (tertiary/aromatic N) is 5. The molecule has 2 fully saturated rings. The lowest BCUT2D eigenvalue weighted by Gasteiger charge is -2.28. The van der Waals surface area contributed by atoms with Crippen LogP contribution in [0.4, 0.5) is 0 Å². The third kappa shape index (κ3) is 4.42. The molecule has 2 N–H and O–H groups in total. The van der Waals surface area contributed by atoms with Crippen molar-refractivity contribution in [2.24, 2.45) is 16.6 Å². The first-order chi connectivity index (χ1) is 14.1. The van der Waals surface area contributed by atoms with Gasteiger partial charge in [0.15, 0.2) is 5.96 Å². The first-order valence-corrected chi connectivity index (χ1v) is 10.1. The van der Waals surface area contributed by atoms with E-state index in [9.17, 15) is 4.79 Å². The molecule has 2 saturated heterocycles. The van der Waals surface area contributed by atoms with Gasteiger partial charge in [0.1, 0.15) is 0 Å². The monoisotopic (exact) mass is 396 g/mol. The molecule has 2 aliphatic heterocycles. The van der Waals surface area contributed by atoms with Gasteiger partial charge < -0.3 is 20.3 Å². The number of likely N-dealkylation sites (tertiary alicyclic amines) is 1. The summed E-state index contributed by atoms with van der Waals surface area (Å²) >= 11 is 0. The van der Waals surface area contributed by atoms with E-state index in [4.69, 9.17) is 10.5 Å². The molecule has 2 aliphatic rings. The van der Waals surface area contributed by atoms with Crippen molar-refractivity contribution in [1.29, 1.82) is 0 Å². The zero-order chi connectivity index (χ0) is 20.2. The highest BCUT2D eigenvalue weighted by molar-refractivity contribution is 5.80. The van der Waals surface area contributed by atoms with E-state index in [-0.39, 0.29) is 17.9 Å². The van der Waals surface area contributed by atoms with Gasteiger partial charge in [-0.25, -0.2) is 0 Å². The van der Waals surface area contributed by atoms with Gasteiger partial charge in [-0.2, -0.15) is 5.10 Å². The van der Waals surface area contributed by atoms with Gasteiger partial charge in [-0.05, 0) is 5.56 Å². The van der Waals surface area contributed by atoms with Crippen LogP contribution in [0.2, 0.25) is 0 Å². The van der Waals surface area contributed by atoms with Crippen LogP contribution in [0.3, 0.4) is 0 Å². The van der Waals surface area contributed by atoms with Gasteiger partial charge in [0.25, 0.3) is 0 Å². The molecule has 29 heavy (non-hydrogen) atoms. The molecule has 154 valence electrons. The highest BCUT2D eigenvalue weighted by Crippen LogP contribution is 2.37. The molecule has 3 heterocycles. The standard InChI is InChI=1S/C21H28N6O2/c1-25-19(28)11-17(12-23-21(22)26-7-9-29-10-8-26)20(25)18-13-24-27(15-18)14-16-5-3-2-4-6-16/h2-6,13,15,17,20H,7-12,14H2,1H3,(H2,22,23)/t17-,20+/m0/s1. The van der Waals surface area contributed by atoms with Crippen molar-refractivity contribution < 1.29 is 9.53 Å². The minimum absolute atomic E-state index is 0.0340. The molecule has 1 amide bonds. The zero-order valence-corrected chi connectivity index (χ0v) is 16.8. The minimum atomic E-state index is -0.0340. The van der Waals surface area contributed by atoms with Crippen molar-refractivity contribution in [2.75, 3.05) is 39.9 Å². The van der Waals surface area contributed by atoms with Crippen LogP contribution >= 0.6 is 0 Å². The molecule has 1 aromatic heterocycles. The number of carbonyl (C=O) groups is 1. The van der Waals surface area contributed by atoms with E-state index in [0.29, 0.717) is 38.7 Å². The number of nitrogens with two attached hydrogens (primary N) is 1. The average Bonchev–Trinajstić information content (AvgIpc) is 3.31. The summed E-state index contributed by atoms with van der Waals surface area (Å²) in [6, 6.07) is 10.2. The Balaban J connectivity index is 1.46. The van der Waals surface area contributed by atoms with E-state index in [1.807, 2.05) is 52.1 Å². The van der Waals surface area contributed by atoms with Crippen molar-refractivity contribution in [2.45, 2.75) is 19.0 Å². The number of ether oxygens (including phenoxy) is 1. The smallest absolute Gasteiger partial charge is 0.223 e. The quantitative estimate of drug-likeness (QED) is 0.604. The number of rotatable bonds is 5. The second kappa shape index (κ2) is 8.65. The predicted octanol–water partition coefficient (Wildman–Crippen LogP) is 1.10. The average molecular weight is 396 g/mol. The van der Waals surface area contributed by atoms with Crippen molar-refractivity contribution >= 4 is 11.9 Å². The van der Waals surface area contributed by atoms with Crippen molar-refractivity contribution in [3.8, 4) is 0 Å². The molecule has 0 radical (unpaired) electrons. The molecule has 2 atom stereocenters. The number of guanidine groups is 1. The zero-order valence-electron chi connectivity index (χ0n) is 16.8. The first kappa shape index (κ1) is 19.4. The fourth-order valence-corrected chi connectivity index (χ4v) is 4.10. The topological polar surface area (TPSA) is 89.0 Å². The van der Waals surface area contributed by atoms with Crippen LogP contribution in [0.15, 0.2) is 47.7 Å². The van der Waals surface area contributed by atoms with E-state index in [1.54, 1.807) is 0 Å². The summed E-state index contributed by atoms with van der Waals surface area (Å²) < 4.78 is 7.28. The number of aromatic nitrogens is 2. The summed E-state index contributed by atoms with van der Waals surface area (Å²) in [5.41, 5.74) is 8.41. The Labute approximate surface area is 170 Å². The Morgan fingerprint density at radius 2 is 2.03 bits per heavy atom. The summed E-state index contributed by atoms with van der Waals surface area (Å²) in [5.74, 6) is 0.756. The first-order valence-electron chi connectivity index (χ1n) is 10.1. The Morgan fingerprint density at radius 3 is 2.79 bits per heavy atom. The normalized spacial score (nSPS) is 23.1. The van der Waals surface area contributed by atoms with E-state index in [1.165, 1.54) is 5.56 Å². The van der Waals surface area contributed by atoms with E-state index >= 15 is 0 Å². The second-order valence-electron chi connectivity index (χ2n) is 7.67. The number of carbonyl (C=O) groups excluding carboxylic acids is 1. The predicted molar refractivity (Wildman–Crippen MR) is 110 cm³/mol. The van der Waals surface area contributed by atoms with Crippen LogP contribution in [-0.4, -0.2) is 71.3 Å². The van der Waals surface area contributed by atoms with Crippen LogP contribution in [0.25, 0.3) is 0 Å². The maximum absolute atomic E-state index is 12.4. The third-order valence-corrected chi connectivity index (χ3v) is 5.70. The molecule has 8 nitrogen and oxygen atoms in total. The molecule has 0 unspecified atom stereocenters. The van der Waals surface area contributed by atoms with Crippen LogP contribution in [0.1, 0.15) is 23.6 Å². The molecule has 1 aromatic carbocycles. The van der Waals surface area contributed by atoms with Crippen LogP contribution in [0, 0.1) is 5.92 Å². The molecule has 0 aliphatic carbocycles. The summed E-state index contributed by atoms with van der Waals surface area (Å²) in [6.07, 6.45) is 4.38. The van der Waals surface area contributed by atoms with Gasteiger partial charge in [-0.1, -0.05) is 30.3 Å². The second-order valence-corrected chi connectivity index (χ2v) is 7.67. The summed E-state index contributed by atoms with van der Waals surface area (Å²) in [6.45, 7) is 4.09. The Morgan fingerprint density at radius 1 is 1.28 bits per heavy atom. The number of benzene rings is 1. The maximum Gasteiger partial charge on any atom is 0.223 e.